The maximum atomic E-state index is 10.1. The van der Waals surface area contributed by atoms with Crippen molar-refractivity contribution in [2.45, 2.75) is 19.3 Å². The normalized spacial score (nSPS) is 12.4. The van der Waals surface area contributed by atoms with Crippen LogP contribution in [0.5, 0.6) is 0 Å². The van der Waals surface area contributed by atoms with Crippen LogP contribution in [0.3, 0.4) is 0 Å². The molecule has 5 nitrogen and oxygen atoms in total. The highest BCUT2D eigenvalue weighted by molar-refractivity contribution is 5.87. The second-order valence-corrected chi connectivity index (χ2v) is 15.4. The number of nitriles is 1. The summed E-state index contributed by atoms with van der Waals surface area (Å²) in [4.78, 5) is 20.3. The zero-order valence-electron chi connectivity index (χ0n) is 32.6. The van der Waals surface area contributed by atoms with Gasteiger partial charge in [0.1, 0.15) is 0 Å². The van der Waals surface area contributed by atoms with Crippen molar-refractivity contribution >= 4 is 0 Å². The fourth-order valence-corrected chi connectivity index (χ4v) is 8.38. The number of pyridine rings is 1. The van der Waals surface area contributed by atoms with Gasteiger partial charge < -0.3 is 0 Å². The highest BCUT2D eigenvalue weighted by atomic mass is 15.0. The van der Waals surface area contributed by atoms with Gasteiger partial charge in [0.2, 0.25) is 0 Å². The van der Waals surface area contributed by atoms with Gasteiger partial charge in [0.05, 0.1) is 17.3 Å². The second-order valence-electron chi connectivity index (χ2n) is 15.4. The Labute approximate surface area is 344 Å². The molecule has 2 heterocycles. The summed E-state index contributed by atoms with van der Waals surface area (Å²) < 4.78 is 0. The topological polar surface area (TPSA) is 75.3 Å². The van der Waals surface area contributed by atoms with E-state index >= 15 is 0 Å². The molecule has 0 spiro atoms. The molecule has 278 valence electrons. The molecule has 0 atom stereocenters. The summed E-state index contributed by atoms with van der Waals surface area (Å²) in [6.07, 6.45) is 1.94. The molecule has 7 aromatic carbocycles. The average molecular weight is 756 g/mol. The number of fused-ring (bicyclic) bond motifs is 3. The van der Waals surface area contributed by atoms with E-state index in [2.05, 4.69) is 135 Å². The van der Waals surface area contributed by atoms with Gasteiger partial charge in [0, 0.05) is 39.4 Å². The van der Waals surface area contributed by atoms with Gasteiger partial charge in [-0.3, -0.25) is 4.98 Å². The van der Waals surface area contributed by atoms with E-state index in [9.17, 15) is 5.26 Å². The Bertz CT molecular complexity index is 3040. The van der Waals surface area contributed by atoms with Crippen molar-refractivity contribution in [2.75, 3.05) is 0 Å². The van der Waals surface area contributed by atoms with Gasteiger partial charge in [-0.15, -0.1) is 0 Å². The molecule has 9 aromatic rings. The molecular formula is C54H37N5. The van der Waals surface area contributed by atoms with Gasteiger partial charge in [0.25, 0.3) is 0 Å². The summed E-state index contributed by atoms with van der Waals surface area (Å²) in [6, 6.07) is 65.0. The Hall–Kier alpha value is -7.81. The molecule has 0 radical (unpaired) electrons. The second kappa shape index (κ2) is 14.6. The SMILES string of the molecule is CC1(C)c2cc(-c3cc(-c4ccc(-c5ccccc5)nc4)cc(-c4nc(-c5ccccc5)nc(-c5ccc(-c6ccccc6)cc5)n4)c3)ccc2-c2cccc(C#N)c21. The summed E-state index contributed by atoms with van der Waals surface area (Å²) in [5, 5.41) is 10.1. The molecule has 10 rings (SSSR count). The zero-order chi connectivity index (χ0) is 39.9. The fraction of sp³-hybridized carbons (Fsp3) is 0.0556. The summed E-state index contributed by atoms with van der Waals surface area (Å²) in [7, 11) is 0. The third kappa shape index (κ3) is 6.57. The Balaban J connectivity index is 1.14. The molecule has 0 unspecified atom stereocenters. The van der Waals surface area contributed by atoms with Gasteiger partial charge in [-0.05, 0) is 86.5 Å². The Morgan fingerprint density at radius 1 is 0.407 bits per heavy atom. The highest BCUT2D eigenvalue weighted by Gasteiger charge is 2.37. The molecule has 59 heavy (non-hydrogen) atoms. The maximum Gasteiger partial charge on any atom is 0.164 e. The van der Waals surface area contributed by atoms with Crippen molar-refractivity contribution in [3.05, 3.63) is 205 Å². The van der Waals surface area contributed by atoms with Crippen LogP contribution in [-0.4, -0.2) is 19.9 Å². The average Bonchev–Trinajstić information content (AvgIpc) is 3.55. The predicted molar refractivity (Wildman–Crippen MR) is 238 cm³/mol. The van der Waals surface area contributed by atoms with Crippen LogP contribution in [0.25, 0.3) is 89.9 Å². The van der Waals surface area contributed by atoms with Gasteiger partial charge in [-0.1, -0.05) is 159 Å². The lowest BCUT2D eigenvalue weighted by molar-refractivity contribution is 0.658. The third-order valence-electron chi connectivity index (χ3n) is 11.4. The van der Waals surface area contributed by atoms with Crippen molar-refractivity contribution in [2.24, 2.45) is 0 Å². The van der Waals surface area contributed by atoms with Crippen LogP contribution in [-0.2, 0) is 5.41 Å². The van der Waals surface area contributed by atoms with E-state index in [1.165, 1.54) is 5.56 Å². The van der Waals surface area contributed by atoms with E-state index in [-0.39, 0.29) is 5.41 Å². The summed E-state index contributed by atoms with van der Waals surface area (Å²) >= 11 is 0. The predicted octanol–water partition coefficient (Wildman–Crippen LogP) is 13.1. The molecule has 0 bridgehead atoms. The Kier molecular flexibility index (Phi) is 8.81. The van der Waals surface area contributed by atoms with Gasteiger partial charge in [0.15, 0.2) is 17.5 Å². The maximum absolute atomic E-state index is 10.1. The lowest BCUT2D eigenvalue weighted by atomic mass is 9.79. The van der Waals surface area contributed by atoms with Crippen LogP contribution in [0.2, 0.25) is 0 Å². The minimum Gasteiger partial charge on any atom is -0.256 e. The van der Waals surface area contributed by atoms with Gasteiger partial charge in [-0.25, -0.2) is 15.0 Å². The van der Waals surface area contributed by atoms with Crippen LogP contribution < -0.4 is 0 Å². The van der Waals surface area contributed by atoms with E-state index in [0.717, 1.165) is 83.6 Å². The number of rotatable bonds is 7. The van der Waals surface area contributed by atoms with E-state index in [1.807, 2.05) is 72.9 Å². The van der Waals surface area contributed by atoms with Crippen LogP contribution in [0.4, 0.5) is 0 Å². The van der Waals surface area contributed by atoms with Crippen LogP contribution in [0.1, 0.15) is 30.5 Å². The molecule has 0 saturated heterocycles. The first-order chi connectivity index (χ1) is 28.9. The van der Waals surface area contributed by atoms with Crippen LogP contribution in [0.15, 0.2) is 188 Å². The molecule has 0 aliphatic heterocycles. The van der Waals surface area contributed by atoms with E-state index in [0.29, 0.717) is 17.5 Å². The van der Waals surface area contributed by atoms with Gasteiger partial charge in [-0.2, -0.15) is 5.26 Å². The highest BCUT2D eigenvalue weighted by Crippen LogP contribution is 2.51. The molecule has 1 aliphatic carbocycles. The molecule has 5 heteroatoms. The number of nitrogens with zero attached hydrogens (tertiary/aromatic N) is 5. The van der Waals surface area contributed by atoms with Crippen molar-refractivity contribution in [1.29, 1.82) is 5.26 Å². The van der Waals surface area contributed by atoms with Crippen molar-refractivity contribution < 1.29 is 0 Å². The van der Waals surface area contributed by atoms with Gasteiger partial charge >= 0.3 is 0 Å². The molecule has 1 aliphatic rings. The molecule has 2 aromatic heterocycles. The number of benzene rings is 7. The van der Waals surface area contributed by atoms with E-state index < -0.39 is 0 Å². The number of hydrogen-bond acceptors (Lipinski definition) is 5. The van der Waals surface area contributed by atoms with Crippen LogP contribution in [0, 0.1) is 11.3 Å². The van der Waals surface area contributed by atoms with Crippen molar-refractivity contribution in [3.63, 3.8) is 0 Å². The Morgan fingerprint density at radius 2 is 0.915 bits per heavy atom. The monoisotopic (exact) mass is 755 g/mol. The van der Waals surface area contributed by atoms with E-state index in [1.54, 1.807) is 0 Å². The molecular weight excluding hydrogens is 719 g/mol. The first-order valence-electron chi connectivity index (χ1n) is 19.8. The largest absolute Gasteiger partial charge is 0.256 e. The van der Waals surface area contributed by atoms with Crippen molar-refractivity contribution in [3.8, 4) is 96.0 Å². The number of hydrogen-bond donors (Lipinski definition) is 0. The van der Waals surface area contributed by atoms with Crippen molar-refractivity contribution in [1.82, 2.24) is 19.9 Å². The smallest absolute Gasteiger partial charge is 0.164 e. The lowest BCUT2D eigenvalue weighted by Crippen LogP contribution is -2.16. The lowest BCUT2D eigenvalue weighted by Gasteiger charge is -2.23. The summed E-state index contributed by atoms with van der Waals surface area (Å²) in [6.45, 7) is 4.43. The molecule has 0 saturated carbocycles. The standard InChI is InChI=1S/C54H37N5/c1-54(2)48-32-40(25-27-46(48)47-20-12-19-41(33-55)50(47)54)43-29-44(42-26-28-49(56-34-42)37-15-8-4-9-16-37)31-45(30-43)53-58-51(38-17-10-5-11-18-38)57-52(59-53)39-23-21-36(22-24-39)35-13-6-3-7-14-35/h3-32,34H,1-2H3. The van der Waals surface area contributed by atoms with E-state index in [4.69, 9.17) is 19.9 Å². The summed E-state index contributed by atoms with van der Waals surface area (Å²) in [5.41, 5.74) is 15.9. The minimum atomic E-state index is -0.353. The first-order valence-corrected chi connectivity index (χ1v) is 19.8. The minimum absolute atomic E-state index is 0.353. The summed E-state index contributed by atoms with van der Waals surface area (Å²) in [5.74, 6) is 1.77. The fourth-order valence-electron chi connectivity index (χ4n) is 8.38. The molecule has 0 N–H and O–H groups in total. The molecule has 0 amide bonds. The third-order valence-corrected chi connectivity index (χ3v) is 11.4. The quantitative estimate of drug-likeness (QED) is 0.162. The molecule has 0 fully saturated rings. The Morgan fingerprint density at radius 3 is 1.54 bits per heavy atom. The number of aromatic nitrogens is 4. The van der Waals surface area contributed by atoms with Crippen LogP contribution >= 0.6 is 0 Å². The first kappa shape index (κ1) is 35.6. The zero-order valence-corrected chi connectivity index (χ0v) is 32.6.